The molecule has 4 nitrogen and oxygen atoms in total. The summed E-state index contributed by atoms with van der Waals surface area (Å²) in [5.74, 6) is -0.892. The van der Waals surface area contributed by atoms with Crippen LogP contribution < -0.4 is 5.43 Å². The summed E-state index contributed by atoms with van der Waals surface area (Å²) < 4.78 is 13.1. The van der Waals surface area contributed by atoms with Gasteiger partial charge in [-0.05, 0) is 36.8 Å². The van der Waals surface area contributed by atoms with Gasteiger partial charge in [0.05, 0.1) is 5.71 Å². The Morgan fingerprint density at radius 1 is 1.24 bits per heavy atom. The van der Waals surface area contributed by atoms with Crippen LogP contribution in [-0.2, 0) is 0 Å². The molecule has 5 heteroatoms. The van der Waals surface area contributed by atoms with Gasteiger partial charge in [0.2, 0.25) is 0 Å². The average molecular weight is 286 g/mol. The van der Waals surface area contributed by atoms with Gasteiger partial charge in [0, 0.05) is 11.1 Å². The first-order valence-corrected chi connectivity index (χ1v) is 6.52. The maximum Gasteiger partial charge on any atom is 0.271 e. The van der Waals surface area contributed by atoms with Crippen molar-refractivity contribution in [2.24, 2.45) is 5.10 Å². The second-order valence-electron chi connectivity index (χ2n) is 4.38. The van der Waals surface area contributed by atoms with Gasteiger partial charge in [-0.25, -0.2) is 9.82 Å². The van der Waals surface area contributed by atoms with E-state index in [1.165, 1.54) is 18.2 Å². The zero-order valence-corrected chi connectivity index (χ0v) is 11.5. The predicted molar refractivity (Wildman–Crippen MR) is 78.8 cm³/mol. The maximum atomic E-state index is 13.1. The summed E-state index contributed by atoms with van der Waals surface area (Å²) in [5.41, 5.74) is 3.66. The summed E-state index contributed by atoms with van der Waals surface area (Å²) in [4.78, 5) is 11.9. The van der Waals surface area contributed by atoms with Crippen LogP contribution in [0.3, 0.4) is 0 Å². The van der Waals surface area contributed by atoms with E-state index in [0.29, 0.717) is 17.7 Å². The highest BCUT2D eigenvalue weighted by Gasteiger charge is 2.09. The van der Waals surface area contributed by atoms with Gasteiger partial charge in [0.15, 0.2) is 0 Å². The molecule has 0 spiro atoms. The molecular formula is C16H15FN2O2. The molecule has 108 valence electrons. The predicted octanol–water partition coefficient (Wildman–Crippen LogP) is 3.08. The number of carbonyl (C=O) groups excluding carboxylic acids is 1. The molecule has 21 heavy (non-hydrogen) atoms. The number of carbonyl (C=O) groups is 1. The van der Waals surface area contributed by atoms with Crippen LogP contribution >= 0.6 is 0 Å². The minimum Gasteiger partial charge on any atom is -0.507 e. The van der Waals surface area contributed by atoms with Crippen molar-refractivity contribution in [3.05, 3.63) is 65.5 Å². The number of benzene rings is 2. The Morgan fingerprint density at radius 2 is 2.00 bits per heavy atom. The number of rotatable bonds is 4. The van der Waals surface area contributed by atoms with Crippen molar-refractivity contribution >= 4 is 11.6 Å². The van der Waals surface area contributed by atoms with E-state index in [2.05, 4.69) is 10.5 Å². The van der Waals surface area contributed by atoms with Crippen molar-refractivity contribution in [2.75, 3.05) is 0 Å². The summed E-state index contributed by atoms with van der Waals surface area (Å²) in [6.07, 6.45) is 0.529. The number of aromatic hydroxyl groups is 1. The van der Waals surface area contributed by atoms with Gasteiger partial charge in [-0.2, -0.15) is 5.10 Å². The van der Waals surface area contributed by atoms with Gasteiger partial charge in [-0.3, -0.25) is 4.79 Å². The molecule has 0 aliphatic carbocycles. The molecule has 1 amide bonds. The summed E-state index contributed by atoms with van der Waals surface area (Å²) in [5, 5.41) is 13.8. The van der Waals surface area contributed by atoms with E-state index in [9.17, 15) is 14.3 Å². The molecule has 0 aromatic heterocycles. The SMILES string of the molecule is CCC(=NNC(=O)c1cccc(F)c1)c1ccccc1O. The van der Waals surface area contributed by atoms with Gasteiger partial charge in [-0.15, -0.1) is 0 Å². The summed E-state index contributed by atoms with van der Waals surface area (Å²) in [6, 6.07) is 12.1. The Bertz CT molecular complexity index is 683. The number of hydrazone groups is 1. The number of nitrogens with zero attached hydrogens (tertiary/aromatic N) is 1. The summed E-state index contributed by atoms with van der Waals surface area (Å²) in [6.45, 7) is 1.86. The van der Waals surface area contributed by atoms with Crippen LogP contribution in [-0.4, -0.2) is 16.7 Å². The minimum atomic E-state index is -0.504. The first kappa shape index (κ1) is 14.7. The van der Waals surface area contributed by atoms with Crippen molar-refractivity contribution in [1.82, 2.24) is 5.43 Å². The molecule has 0 aliphatic heterocycles. The fourth-order valence-corrected chi connectivity index (χ4v) is 1.86. The van der Waals surface area contributed by atoms with E-state index >= 15 is 0 Å². The number of halogens is 1. The Hall–Kier alpha value is -2.69. The number of phenolic OH excluding ortho intramolecular Hbond substituents is 1. The second-order valence-corrected chi connectivity index (χ2v) is 4.38. The Morgan fingerprint density at radius 3 is 2.67 bits per heavy atom. The molecule has 0 fully saturated rings. The number of hydrogen-bond acceptors (Lipinski definition) is 3. The van der Waals surface area contributed by atoms with E-state index in [4.69, 9.17) is 0 Å². The number of hydrogen-bond donors (Lipinski definition) is 2. The monoisotopic (exact) mass is 286 g/mol. The summed E-state index contributed by atoms with van der Waals surface area (Å²) >= 11 is 0. The second kappa shape index (κ2) is 6.65. The van der Waals surface area contributed by atoms with Crippen molar-refractivity contribution in [1.29, 1.82) is 0 Å². The number of para-hydroxylation sites is 1. The minimum absolute atomic E-state index is 0.0955. The summed E-state index contributed by atoms with van der Waals surface area (Å²) in [7, 11) is 0. The highest BCUT2D eigenvalue weighted by molar-refractivity contribution is 6.03. The Kier molecular flexibility index (Phi) is 4.66. The van der Waals surface area contributed by atoms with E-state index in [-0.39, 0.29) is 11.3 Å². The lowest BCUT2D eigenvalue weighted by atomic mass is 10.1. The zero-order valence-electron chi connectivity index (χ0n) is 11.5. The molecule has 2 aromatic rings. The Balaban J connectivity index is 2.19. The van der Waals surface area contributed by atoms with Gasteiger partial charge < -0.3 is 5.11 Å². The lowest BCUT2D eigenvalue weighted by Gasteiger charge is -2.07. The molecule has 0 saturated heterocycles. The van der Waals surface area contributed by atoms with Gasteiger partial charge in [-0.1, -0.05) is 25.1 Å². The van der Waals surface area contributed by atoms with Crippen LogP contribution in [0.2, 0.25) is 0 Å². The maximum absolute atomic E-state index is 13.1. The molecule has 0 saturated carbocycles. The van der Waals surface area contributed by atoms with Gasteiger partial charge >= 0.3 is 0 Å². The molecule has 0 aliphatic rings. The Labute approximate surface area is 121 Å². The lowest BCUT2D eigenvalue weighted by Crippen LogP contribution is -2.20. The van der Waals surface area contributed by atoms with Crippen LogP contribution in [0, 0.1) is 5.82 Å². The largest absolute Gasteiger partial charge is 0.507 e. The van der Waals surface area contributed by atoms with E-state index in [1.807, 2.05) is 6.92 Å². The van der Waals surface area contributed by atoms with Crippen LogP contribution in [0.1, 0.15) is 29.3 Å². The molecule has 2 aromatic carbocycles. The van der Waals surface area contributed by atoms with Crippen molar-refractivity contribution in [2.45, 2.75) is 13.3 Å². The number of nitrogens with one attached hydrogen (secondary N) is 1. The molecule has 0 bridgehead atoms. The fourth-order valence-electron chi connectivity index (χ4n) is 1.86. The lowest BCUT2D eigenvalue weighted by molar-refractivity contribution is 0.0954. The van der Waals surface area contributed by atoms with Crippen molar-refractivity contribution in [3.63, 3.8) is 0 Å². The smallest absolute Gasteiger partial charge is 0.271 e. The molecule has 2 rings (SSSR count). The van der Waals surface area contributed by atoms with Crippen LogP contribution in [0.25, 0.3) is 0 Å². The quantitative estimate of drug-likeness (QED) is 0.670. The first-order chi connectivity index (χ1) is 10.1. The molecular weight excluding hydrogens is 271 g/mol. The van der Waals surface area contributed by atoms with Crippen molar-refractivity contribution in [3.8, 4) is 5.75 Å². The highest BCUT2D eigenvalue weighted by Crippen LogP contribution is 2.17. The third kappa shape index (κ3) is 3.66. The number of amides is 1. The standard InChI is InChI=1S/C16H15FN2O2/c1-2-14(13-8-3-4-9-15(13)20)18-19-16(21)11-6-5-7-12(17)10-11/h3-10,20H,2H2,1H3,(H,19,21). The van der Waals surface area contributed by atoms with Crippen LogP contribution in [0.15, 0.2) is 53.6 Å². The number of phenols is 1. The molecule has 0 heterocycles. The molecule has 0 unspecified atom stereocenters. The first-order valence-electron chi connectivity index (χ1n) is 6.52. The van der Waals surface area contributed by atoms with Crippen LogP contribution in [0.4, 0.5) is 4.39 Å². The van der Waals surface area contributed by atoms with Gasteiger partial charge in [0.25, 0.3) is 5.91 Å². The van der Waals surface area contributed by atoms with Crippen LogP contribution in [0.5, 0.6) is 5.75 Å². The molecule has 2 N–H and O–H groups in total. The topological polar surface area (TPSA) is 61.7 Å². The third-order valence-electron chi connectivity index (χ3n) is 2.93. The zero-order chi connectivity index (χ0) is 15.2. The third-order valence-corrected chi connectivity index (χ3v) is 2.93. The molecule has 0 atom stereocenters. The fraction of sp³-hybridized carbons (Fsp3) is 0.125. The average Bonchev–Trinajstić information content (AvgIpc) is 2.49. The van der Waals surface area contributed by atoms with E-state index in [1.54, 1.807) is 24.3 Å². The normalized spacial score (nSPS) is 11.2. The van der Waals surface area contributed by atoms with Crippen molar-refractivity contribution < 1.29 is 14.3 Å². The van der Waals surface area contributed by atoms with E-state index in [0.717, 1.165) is 6.07 Å². The highest BCUT2D eigenvalue weighted by atomic mass is 19.1. The molecule has 0 radical (unpaired) electrons. The van der Waals surface area contributed by atoms with E-state index < -0.39 is 11.7 Å². The van der Waals surface area contributed by atoms with Gasteiger partial charge in [0.1, 0.15) is 11.6 Å².